The van der Waals surface area contributed by atoms with Gasteiger partial charge in [0.25, 0.3) is 11.8 Å². The number of nitrogens with zero attached hydrogens (tertiary/aromatic N) is 4. The summed E-state index contributed by atoms with van der Waals surface area (Å²) in [6, 6.07) is 25.3. The predicted molar refractivity (Wildman–Crippen MR) is 167 cm³/mol. The fourth-order valence-electron chi connectivity index (χ4n) is 5.01. The first-order valence-corrected chi connectivity index (χ1v) is 13.5. The smallest absolute Gasteiger partial charge is 0.270 e. The molecule has 0 N–H and O–H groups in total. The molecule has 5 rings (SSSR count). The quantitative estimate of drug-likeness (QED) is 0.162. The number of thiocarbonyl (C=S) groups is 1. The van der Waals surface area contributed by atoms with Crippen molar-refractivity contribution in [3.05, 3.63) is 113 Å². The molecule has 0 radical (unpaired) electrons. The van der Waals surface area contributed by atoms with Crippen molar-refractivity contribution in [2.24, 2.45) is 0 Å². The lowest BCUT2D eigenvalue weighted by Gasteiger charge is -2.36. The maximum Gasteiger partial charge on any atom is 0.270 e. The van der Waals surface area contributed by atoms with Gasteiger partial charge in [-0.25, -0.2) is 0 Å². The van der Waals surface area contributed by atoms with Crippen LogP contribution in [0.25, 0.3) is 11.8 Å². The lowest BCUT2D eigenvalue weighted by Crippen LogP contribution is -2.57. The third-order valence-corrected chi connectivity index (χ3v) is 7.77. The molecule has 1 aliphatic heterocycles. The molecule has 0 atom stereocenters. The fourth-order valence-corrected chi connectivity index (χ4v) is 5.39. The summed E-state index contributed by atoms with van der Waals surface area (Å²) in [5.74, 6) is -0.882. The predicted octanol–water partition coefficient (Wildman–Crippen LogP) is 6.53. The highest BCUT2D eigenvalue weighted by atomic mass is 32.1. The minimum absolute atomic E-state index is 0.0545. The fraction of sp³-hybridized carbons (Fsp3) is 0.182. The van der Waals surface area contributed by atoms with Crippen LogP contribution in [-0.4, -0.2) is 35.6 Å². The Labute approximate surface area is 240 Å². The zero-order valence-corrected chi connectivity index (χ0v) is 24.4. The van der Waals surface area contributed by atoms with Crippen molar-refractivity contribution in [1.29, 1.82) is 0 Å². The Morgan fingerprint density at radius 1 is 0.700 bits per heavy atom. The number of aromatic nitrogens is 1. The monoisotopic (exact) mass is 548 g/mol. The summed E-state index contributed by atoms with van der Waals surface area (Å²) in [6.07, 6.45) is 1.70. The summed E-state index contributed by atoms with van der Waals surface area (Å²) < 4.78 is 2.13. The Morgan fingerprint density at radius 2 is 1.30 bits per heavy atom. The highest BCUT2D eigenvalue weighted by Gasteiger charge is 2.41. The number of anilines is 3. The average Bonchev–Trinajstić information content (AvgIpc) is 3.21. The molecule has 0 spiro atoms. The molecule has 0 bridgehead atoms. The van der Waals surface area contributed by atoms with Crippen molar-refractivity contribution in [1.82, 2.24) is 4.57 Å². The molecule has 2 heterocycles. The first-order valence-electron chi connectivity index (χ1n) is 13.1. The first kappa shape index (κ1) is 27.1. The van der Waals surface area contributed by atoms with Crippen LogP contribution in [0.2, 0.25) is 0 Å². The van der Waals surface area contributed by atoms with Crippen LogP contribution in [0, 0.1) is 27.7 Å². The van der Waals surface area contributed by atoms with E-state index in [1.54, 1.807) is 6.08 Å². The number of hydrogen-bond acceptors (Lipinski definition) is 4. The van der Waals surface area contributed by atoms with Crippen LogP contribution in [0.5, 0.6) is 0 Å². The van der Waals surface area contributed by atoms with Gasteiger partial charge in [0.1, 0.15) is 5.57 Å². The minimum atomic E-state index is -0.443. The SMILES string of the molecule is Cc1ccc(N2C(=O)/C(=C\c3cc(C)n(-c4ccc(N(C)C)cc4)c3C)C(=O)N(c3ccccc3)C2=S)cc1C. The van der Waals surface area contributed by atoms with Crippen molar-refractivity contribution in [2.45, 2.75) is 27.7 Å². The number of hydrogen-bond donors (Lipinski definition) is 0. The number of rotatable bonds is 5. The van der Waals surface area contributed by atoms with E-state index in [-0.39, 0.29) is 10.7 Å². The van der Waals surface area contributed by atoms with Gasteiger partial charge in [-0.3, -0.25) is 19.4 Å². The molecule has 4 aromatic rings. The minimum Gasteiger partial charge on any atom is -0.378 e. The summed E-state index contributed by atoms with van der Waals surface area (Å²) in [7, 11) is 4.02. The molecule has 6 nitrogen and oxygen atoms in total. The number of benzene rings is 3. The summed E-state index contributed by atoms with van der Waals surface area (Å²) in [6.45, 7) is 8.03. The van der Waals surface area contributed by atoms with E-state index in [4.69, 9.17) is 12.2 Å². The second-order valence-electron chi connectivity index (χ2n) is 10.3. The number of carbonyl (C=O) groups excluding carboxylic acids is 2. The molecule has 40 heavy (non-hydrogen) atoms. The van der Waals surface area contributed by atoms with Crippen LogP contribution in [0.4, 0.5) is 17.1 Å². The van der Waals surface area contributed by atoms with Gasteiger partial charge in [-0.05, 0) is 117 Å². The maximum absolute atomic E-state index is 14.0. The van der Waals surface area contributed by atoms with Gasteiger partial charge in [-0.1, -0.05) is 24.3 Å². The molecular formula is C33H32N4O2S. The molecule has 2 amide bonds. The molecule has 7 heteroatoms. The summed E-state index contributed by atoms with van der Waals surface area (Å²) in [5, 5.41) is 0.132. The molecule has 1 aliphatic rings. The Balaban J connectivity index is 1.63. The van der Waals surface area contributed by atoms with E-state index in [0.29, 0.717) is 11.4 Å². The molecule has 1 saturated heterocycles. The van der Waals surface area contributed by atoms with Crippen LogP contribution in [0.1, 0.15) is 28.1 Å². The van der Waals surface area contributed by atoms with Crippen LogP contribution in [-0.2, 0) is 9.59 Å². The Morgan fingerprint density at radius 3 is 1.90 bits per heavy atom. The molecular weight excluding hydrogens is 516 g/mol. The van der Waals surface area contributed by atoms with Gasteiger partial charge < -0.3 is 9.47 Å². The lowest BCUT2D eigenvalue weighted by atomic mass is 10.0. The third kappa shape index (κ3) is 4.73. The van der Waals surface area contributed by atoms with Crippen LogP contribution in [0.3, 0.4) is 0 Å². The zero-order chi connectivity index (χ0) is 28.7. The second-order valence-corrected chi connectivity index (χ2v) is 10.7. The van der Waals surface area contributed by atoms with Gasteiger partial charge in [0.2, 0.25) is 0 Å². The molecule has 3 aromatic carbocycles. The Hall–Kier alpha value is -4.49. The number of carbonyl (C=O) groups is 2. The van der Waals surface area contributed by atoms with E-state index in [2.05, 4.69) is 33.7 Å². The van der Waals surface area contributed by atoms with Crippen molar-refractivity contribution in [2.75, 3.05) is 28.8 Å². The van der Waals surface area contributed by atoms with Gasteiger partial charge in [0, 0.05) is 36.9 Å². The second kappa shape index (κ2) is 10.6. The van der Waals surface area contributed by atoms with Gasteiger partial charge >= 0.3 is 0 Å². The Kier molecular flexibility index (Phi) is 7.17. The molecule has 1 aromatic heterocycles. The Bertz CT molecular complexity index is 1670. The first-order chi connectivity index (χ1) is 19.1. The maximum atomic E-state index is 14.0. The molecule has 0 saturated carbocycles. The van der Waals surface area contributed by atoms with Gasteiger partial charge in [0.15, 0.2) is 5.11 Å². The summed E-state index contributed by atoms with van der Waals surface area (Å²) in [4.78, 5) is 32.9. The number of amides is 2. The highest BCUT2D eigenvalue weighted by molar-refractivity contribution is 7.81. The average molecular weight is 549 g/mol. The number of para-hydroxylation sites is 1. The zero-order valence-electron chi connectivity index (χ0n) is 23.6. The molecule has 202 valence electrons. The molecule has 0 unspecified atom stereocenters. The third-order valence-electron chi connectivity index (χ3n) is 7.41. The normalized spacial score (nSPS) is 14.8. The van der Waals surface area contributed by atoms with Crippen LogP contribution in [0.15, 0.2) is 84.4 Å². The molecule has 0 aliphatic carbocycles. The van der Waals surface area contributed by atoms with Crippen molar-refractivity contribution < 1.29 is 9.59 Å². The van der Waals surface area contributed by atoms with E-state index in [9.17, 15) is 9.59 Å². The lowest BCUT2D eigenvalue weighted by molar-refractivity contribution is -0.120. The van der Waals surface area contributed by atoms with Crippen LogP contribution < -0.4 is 14.7 Å². The summed E-state index contributed by atoms with van der Waals surface area (Å²) in [5.41, 5.74) is 8.28. The van der Waals surface area contributed by atoms with Crippen molar-refractivity contribution in [3.8, 4) is 5.69 Å². The van der Waals surface area contributed by atoms with Gasteiger partial charge in [-0.15, -0.1) is 0 Å². The van der Waals surface area contributed by atoms with Gasteiger partial charge in [0.05, 0.1) is 11.4 Å². The van der Waals surface area contributed by atoms with E-state index in [1.807, 2.05) is 96.4 Å². The highest BCUT2D eigenvalue weighted by Crippen LogP contribution is 2.32. The van der Waals surface area contributed by atoms with Crippen molar-refractivity contribution >= 4 is 52.3 Å². The summed E-state index contributed by atoms with van der Waals surface area (Å²) >= 11 is 5.78. The van der Waals surface area contributed by atoms with Crippen LogP contribution >= 0.6 is 12.2 Å². The van der Waals surface area contributed by atoms with Gasteiger partial charge in [-0.2, -0.15) is 0 Å². The van der Waals surface area contributed by atoms with E-state index in [0.717, 1.165) is 39.5 Å². The standard InChI is InChI=1S/C33H32N4O2S/c1-21-12-13-29(18-22(21)2)37-32(39)30(31(38)36(33(37)40)27-10-8-7-9-11-27)20-25-19-23(3)35(24(25)4)28-16-14-26(15-17-28)34(5)6/h7-20H,1-6H3/b30-20-. The van der Waals surface area contributed by atoms with E-state index >= 15 is 0 Å². The number of aryl methyl sites for hydroxylation is 3. The van der Waals surface area contributed by atoms with E-state index in [1.165, 1.54) is 9.80 Å². The van der Waals surface area contributed by atoms with E-state index < -0.39 is 11.8 Å². The largest absolute Gasteiger partial charge is 0.378 e. The molecule has 1 fully saturated rings. The topological polar surface area (TPSA) is 48.8 Å². The van der Waals surface area contributed by atoms with Crippen molar-refractivity contribution in [3.63, 3.8) is 0 Å².